The maximum absolute atomic E-state index is 12.4. The van der Waals surface area contributed by atoms with E-state index in [1.165, 1.54) is 6.20 Å². The Balaban J connectivity index is 1.79. The Morgan fingerprint density at radius 2 is 1.96 bits per heavy atom. The molecule has 0 unspecified atom stereocenters. The van der Waals surface area contributed by atoms with E-state index in [0.29, 0.717) is 47.6 Å². The normalized spacial score (nSPS) is 12.7. The molecule has 1 aromatic heterocycles. The summed E-state index contributed by atoms with van der Waals surface area (Å²) in [4.78, 5) is 22.7. The molecule has 0 saturated carbocycles. The molecule has 0 atom stereocenters. The van der Waals surface area contributed by atoms with Crippen LogP contribution in [0.1, 0.15) is 16.1 Å². The largest absolute Gasteiger partial charge is 0.486 e. The smallest absolute Gasteiger partial charge is 0.259 e. The molecule has 0 fully saturated rings. The van der Waals surface area contributed by atoms with Gasteiger partial charge in [-0.15, -0.1) is 0 Å². The van der Waals surface area contributed by atoms with Gasteiger partial charge < -0.3 is 19.7 Å². The first-order valence-electron chi connectivity index (χ1n) is 7.26. The molecule has 1 aromatic carbocycles. The van der Waals surface area contributed by atoms with Crippen LogP contribution in [0.4, 0.5) is 11.6 Å². The van der Waals surface area contributed by atoms with E-state index in [1.54, 1.807) is 30.0 Å². The lowest BCUT2D eigenvalue weighted by molar-refractivity contribution is 0.102. The average Bonchev–Trinajstić information content (AvgIpc) is 2.54. The monoisotopic (exact) mass is 314 g/mol. The maximum Gasteiger partial charge on any atom is 0.259 e. The highest BCUT2D eigenvalue weighted by Gasteiger charge is 2.15. The third kappa shape index (κ3) is 3.18. The molecule has 2 aromatic rings. The highest BCUT2D eigenvalue weighted by atomic mass is 16.6. The van der Waals surface area contributed by atoms with Crippen molar-refractivity contribution in [1.82, 2.24) is 9.97 Å². The molecule has 0 aliphatic carbocycles. The van der Waals surface area contributed by atoms with Crippen molar-refractivity contribution >= 4 is 17.5 Å². The summed E-state index contributed by atoms with van der Waals surface area (Å²) < 4.78 is 11.0. The second-order valence-electron chi connectivity index (χ2n) is 5.38. The van der Waals surface area contributed by atoms with Crippen molar-refractivity contribution in [3.8, 4) is 11.5 Å². The number of aryl methyl sites for hydroxylation is 1. The maximum atomic E-state index is 12.4. The first-order valence-corrected chi connectivity index (χ1v) is 7.26. The van der Waals surface area contributed by atoms with E-state index < -0.39 is 0 Å². The molecule has 7 nitrogen and oxygen atoms in total. The van der Waals surface area contributed by atoms with Crippen LogP contribution in [0.2, 0.25) is 0 Å². The molecule has 1 aliphatic rings. The van der Waals surface area contributed by atoms with Gasteiger partial charge in [0.2, 0.25) is 5.95 Å². The van der Waals surface area contributed by atoms with Crippen LogP contribution in [-0.2, 0) is 0 Å². The Morgan fingerprint density at radius 3 is 2.65 bits per heavy atom. The van der Waals surface area contributed by atoms with Gasteiger partial charge in [-0.1, -0.05) is 0 Å². The standard InChI is InChI=1S/C16H18N4O3/c1-10-12(9-17-16(18-10)20(2)3)15(21)19-11-4-5-13-14(8-11)23-7-6-22-13/h4-5,8-9H,6-7H2,1-3H3,(H,19,21). The zero-order chi connectivity index (χ0) is 16.4. The topological polar surface area (TPSA) is 76.6 Å². The lowest BCUT2D eigenvalue weighted by Gasteiger charge is -2.19. The van der Waals surface area contributed by atoms with E-state index in [0.717, 1.165) is 0 Å². The molecule has 120 valence electrons. The highest BCUT2D eigenvalue weighted by molar-refractivity contribution is 6.05. The van der Waals surface area contributed by atoms with Gasteiger partial charge in [-0.2, -0.15) is 0 Å². The first kappa shape index (κ1) is 15.1. The van der Waals surface area contributed by atoms with Crippen LogP contribution >= 0.6 is 0 Å². The van der Waals surface area contributed by atoms with Gasteiger partial charge in [0, 0.05) is 32.0 Å². The molecule has 7 heteroatoms. The lowest BCUT2D eigenvalue weighted by atomic mass is 10.2. The average molecular weight is 314 g/mol. The fourth-order valence-electron chi connectivity index (χ4n) is 2.21. The highest BCUT2D eigenvalue weighted by Crippen LogP contribution is 2.32. The minimum absolute atomic E-state index is 0.260. The zero-order valence-electron chi connectivity index (χ0n) is 13.3. The van der Waals surface area contributed by atoms with Crippen LogP contribution in [0.15, 0.2) is 24.4 Å². The summed E-state index contributed by atoms with van der Waals surface area (Å²) in [5, 5.41) is 2.83. The van der Waals surface area contributed by atoms with Gasteiger partial charge in [0.25, 0.3) is 5.91 Å². The van der Waals surface area contributed by atoms with Crippen molar-refractivity contribution in [2.45, 2.75) is 6.92 Å². The summed E-state index contributed by atoms with van der Waals surface area (Å²) in [7, 11) is 3.70. The second kappa shape index (κ2) is 6.12. The SMILES string of the molecule is Cc1nc(N(C)C)ncc1C(=O)Nc1ccc2c(c1)OCCO2. The van der Waals surface area contributed by atoms with E-state index >= 15 is 0 Å². The van der Waals surface area contributed by atoms with Crippen LogP contribution in [0.25, 0.3) is 0 Å². The molecule has 23 heavy (non-hydrogen) atoms. The summed E-state index contributed by atoms with van der Waals surface area (Å²) in [6.45, 7) is 2.82. The van der Waals surface area contributed by atoms with Crippen molar-refractivity contribution < 1.29 is 14.3 Å². The molecule has 3 rings (SSSR count). The number of benzene rings is 1. The number of hydrogen-bond donors (Lipinski definition) is 1. The fraction of sp³-hybridized carbons (Fsp3) is 0.312. The van der Waals surface area contributed by atoms with Crippen molar-refractivity contribution in [3.05, 3.63) is 35.7 Å². The van der Waals surface area contributed by atoms with Gasteiger partial charge in [0.05, 0.1) is 11.3 Å². The number of anilines is 2. The van der Waals surface area contributed by atoms with Gasteiger partial charge in [-0.3, -0.25) is 4.79 Å². The van der Waals surface area contributed by atoms with Crippen LogP contribution < -0.4 is 19.7 Å². The van der Waals surface area contributed by atoms with Gasteiger partial charge in [0.1, 0.15) is 13.2 Å². The van der Waals surface area contributed by atoms with Gasteiger partial charge in [-0.25, -0.2) is 9.97 Å². The Kier molecular flexibility index (Phi) is 4.01. The molecular formula is C16H18N4O3. The van der Waals surface area contributed by atoms with E-state index in [4.69, 9.17) is 9.47 Å². The van der Waals surface area contributed by atoms with E-state index in [2.05, 4.69) is 15.3 Å². The molecule has 1 amide bonds. The van der Waals surface area contributed by atoms with Crippen molar-refractivity contribution in [1.29, 1.82) is 0 Å². The number of hydrogen-bond acceptors (Lipinski definition) is 6. The van der Waals surface area contributed by atoms with E-state index in [9.17, 15) is 4.79 Å². The van der Waals surface area contributed by atoms with Crippen molar-refractivity contribution in [2.75, 3.05) is 37.5 Å². The molecular weight excluding hydrogens is 296 g/mol. The molecule has 2 heterocycles. The molecule has 1 N–H and O–H groups in total. The Labute approximate surface area is 134 Å². The van der Waals surface area contributed by atoms with Crippen molar-refractivity contribution in [3.63, 3.8) is 0 Å². The fourth-order valence-corrected chi connectivity index (χ4v) is 2.21. The van der Waals surface area contributed by atoms with Gasteiger partial charge in [-0.05, 0) is 19.1 Å². The predicted octanol–water partition coefficient (Wildman–Crippen LogP) is 1.87. The first-order chi connectivity index (χ1) is 11.0. The predicted molar refractivity (Wildman–Crippen MR) is 86.5 cm³/mol. The quantitative estimate of drug-likeness (QED) is 0.932. The molecule has 0 bridgehead atoms. The summed E-state index contributed by atoms with van der Waals surface area (Å²) in [6.07, 6.45) is 1.53. The Bertz CT molecular complexity index is 746. The number of nitrogens with zero attached hydrogens (tertiary/aromatic N) is 3. The summed E-state index contributed by atoms with van der Waals surface area (Å²) in [5.41, 5.74) is 1.69. The molecule has 0 saturated heterocycles. The number of aromatic nitrogens is 2. The summed E-state index contributed by atoms with van der Waals surface area (Å²) in [6, 6.07) is 5.30. The Morgan fingerprint density at radius 1 is 1.22 bits per heavy atom. The third-order valence-corrected chi connectivity index (χ3v) is 3.41. The van der Waals surface area contributed by atoms with E-state index in [1.807, 2.05) is 14.1 Å². The number of carbonyl (C=O) groups is 1. The molecule has 0 radical (unpaired) electrons. The number of carbonyl (C=O) groups excluding carboxylic acids is 1. The number of amides is 1. The number of ether oxygens (including phenoxy) is 2. The van der Waals surface area contributed by atoms with E-state index in [-0.39, 0.29) is 5.91 Å². The third-order valence-electron chi connectivity index (χ3n) is 3.41. The zero-order valence-corrected chi connectivity index (χ0v) is 13.3. The molecule has 1 aliphatic heterocycles. The van der Waals surface area contributed by atoms with Crippen LogP contribution in [0.3, 0.4) is 0 Å². The van der Waals surface area contributed by atoms with Crippen LogP contribution in [0, 0.1) is 6.92 Å². The van der Waals surface area contributed by atoms with Crippen LogP contribution in [0.5, 0.6) is 11.5 Å². The number of nitrogens with one attached hydrogen (secondary N) is 1. The molecule has 0 spiro atoms. The number of fused-ring (bicyclic) bond motifs is 1. The van der Waals surface area contributed by atoms with Crippen LogP contribution in [-0.4, -0.2) is 43.2 Å². The Hall–Kier alpha value is -2.83. The lowest BCUT2D eigenvalue weighted by Crippen LogP contribution is -2.19. The van der Waals surface area contributed by atoms with Gasteiger partial charge in [0.15, 0.2) is 11.5 Å². The summed E-state index contributed by atoms with van der Waals surface area (Å²) in [5.74, 6) is 1.62. The summed E-state index contributed by atoms with van der Waals surface area (Å²) >= 11 is 0. The number of rotatable bonds is 3. The minimum Gasteiger partial charge on any atom is -0.486 e. The van der Waals surface area contributed by atoms with Crippen molar-refractivity contribution in [2.24, 2.45) is 0 Å². The second-order valence-corrected chi connectivity index (χ2v) is 5.38. The minimum atomic E-state index is -0.260. The van der Waals surface area contributed by atoms with Gasteiger partial charge >= 0.3 is 0 Å².